The van der Waals surface area contributed by atoms with Crippen LogP contribution in [0.2, 0.25) is 0 Å². The van der Waals surface area contributed by atoms with E-state index in [0.29, 0.717) is 17.5 Å². The van der Waals surface area contributed by atoms with Gasteiger partial charge in [0, 0.05) is 18.1 Å². The Kier molecular flexibility index (Phi) is 4.33. The minimum absolute atomic E-state index is 0.270. The molecule has 0 spiro atoms. The van der Waals surface area contributed by atoms with Gasteiger partial charge in [-0.15, -0.1) is 0 Å². The first-order chi connectivity index (χ1) is 9.16. The first-order valence-corrected chi connectivity index (χ1v) is 7.91. The number of ether oxygens (including phenoxy) is 1. The maximum absolute atomic E-state index is 11.7. The van der Waals surface area contributed by atoms with Crippen molar-refractivity contribution < 1.29 is 9.53 Å². The van der Waals surface area contributed by atoms with Gasteiger partial charge in [-0.25, -0.2) is 4.79 Å². The van der Waals surface area contributed by atoms with Crippen molar-refractivity contribution in [2.45, 2.75) is 90.4 Å². The zero-order valence-electron chi connectivity index (χ0n) is 13.6. The van der Waals surface area contributed by atoms with Gasteiger partial charge in [0.05, 0.1) is 0 Å². The van der Waals surface area contributed by atoms with E-state index < -0.39 is 5.60 Å². The fourth-order valence-corrected chi connectivity index (χ4v) is 3.27. The molecule has 20 heavy (non-hydrogen) atoms. The number of amides is 1. The number of alkyl carbamates (subject to hydrolysis) is 1. The van der Waals surface area contributed by atoms with Gasteiger partial charge >= 0.3 is 6.09 Å². The molecule has 4 heteroatoms. The second-order valence-electron chi connectivity index (χ2n) is 8.11. The van der Waals surface area contributed by atoms with E-state index >= 15 is 0 Å². The van der Waals surface area contributed by atoms with Crippen molar-refractivity contribution in [2.75, 3.05) is 0 Å². The van der Waals surface area contributed by atoms with Crippen molar-refractivity contribution in [1.29, 1.82) is 0 Å². The first kappa shape index (κ1) is 15.6. The van der Waals surface area contributed by atoms with Crippen LogP contribution in [0.25, 0.3) is 0 Å². The predicted octanol–water partition coefficient (Wildman–Crippen LogP) is 3.21. The molecule has 2 N–H and O–H groups in total. The molecule has 2 saturated carbocycles. The summed E-state index contributed by atoms with van der Waals surface area (Å²) in [5, 5.41) is 6.71. The van der Waals surface area contributed by atoms with Crippen molar-refractivity contribution >= 4 is 6.09 Å². The van der Waals surface area contributed by atoms with E-state index in [1.54, 1.807) is 0 Å². The zero-order chi connectivity index (χ0) is 15.0. The Bertz CT molecular complexity index is 354. The Labute approximate surface area is 123 Å². The molecule has 1 unspecified atom stereocenters. The Hall–Kier alpha value is -0.770. The quantitative estimate of drug-likeness (QED) is 0.835. The summed E-state index contributed by atoms with van der Waals surface area (Å²) in [5.74, 6) is 0. The maximum Gasteiger partial charge on any atom is 0.407 e. The van der Waals surface area contributed by atoms with Crippen LogP contribution >= 0.6 is 0 Å². The molecule has 0 bridgehead atoms. The molecule has 0 heterocycles. The second-order valence-corrected chi connectivity index (χ2v) is 8.11. The lowest BCUT2D eigenvalue weighted by Gasteiger charge is -2.41. The molecule has 2 fully saturated rings. The highest BCUT2D eigenvalue weighted by molar-refractivity contribution is 5.68. The Balaban J connectivity index is 1.66. The number of carbonyl (C=O) groups is 1. The van der Waals surface area contributed by atoms with Crippen LogP contribution in [0, 0.1) is 5.41 Å². The van der Waals surface area contributed by atoms with Crippen LogP contribution in [0.15, 0.2) is 0 Å². The van der Waals surface area contributed by atoms with Crippen LogP contribution in [0.1, 0.15) is 66.7 Å². The Morgan fingerprint density at radius 3 is 2.35 bits per heavy atom. The minimum Gasteiger partial charge on any atom is -0.444 e. The van der Waals surface area contributed by atoms with Crippen LogP contribution < -0.4 is 10.6 Å². The normalized spacial score (nSPS) is 32.5. The topological polar surface area (TPSA) is 50.4 Å². The molecule has 0 aromatic carbocycles. The summed E-state index contributed by atoms with van der Waals surface area (Å²) in [6.07, 6.45) is 5.68. The van der Waals surface area contributed by atoms with Crippen LogP contribution in [0.5, 0.6) is 0 Å². The molecule has 1 atom stereocenters. The van der Waals surface area contributed by atoms with Crippen molar-refractivity contribution in [2.24, 2.45) is 5.41 Å². The highest BCUT2D eigenvalue weighted by Gasteiger charge is 2.39. The molecule has 2 aliphatic rings. The molecule has 2 rings (SSSR count). The van der Waals surface area contributed by atoms with Gasteiger partial charge in [0.2, 0.25) is 0 Å². The molecule has 116 valence electrons. The summed E-state index contributed by atoms with van der Waals surface area (Å²) in [4.78, 5) is 11.7. The van der Waals surface area contributed by atoms with Gasteiger partial charge < -0.3 is 15.4 Å². The third kappa shape index (κ3) is 4.11. The van der Waals surface area contributed by atoms with Crippen molar-refractivity contribution in [3.05, 3.63) is 0 Å². The summed E-state index contributed by atoms with van der Waals surface area (Å²) in [5.41, 5.74) is 0.00301. The smallest absolute Gasteiger partial charge is 0.407 e. The van der Waals surface area contributed by atoms with Gasteiger partial charge in [0.15, 0.2) is 0 Å². The lowest BCUT2D eigenvalue weighted by molar-refractivity contribution is 0.0458. The van der Waals surface area contributed by atoms with Crippen molar-refractivity contribution in [1.82, 2.24) is 10.6 Å². The van der Waals surface area contributed by atoms with Crippen molar-refractivity contribution in [3.8, 4) is 0 Å². The fraction of sp³-hybridized carbons (Fsp3) is 0.938. The average Bonchev–Trinajstić information content (AvgIpc) is 2.52. The number of hydrogen-bond acceptors (Lipinski definition) is 3. The van der Waals surface area contributed by atoms with E-state index in [0.717, 1.165) is 12.8 Å². The van der Waals surface area contributed by atoms with E-state index in [1.807, 2.05) is 20.8 Å². The fourth-order valence-electron chi connectivity index (χ4n) is 3.27. The highest BCUT2D eigenvalue weighted by Crippen LogP contribution is 2.38. The molecule has 0 radical (unpaired) electrons. The lowest BCUT2D eigenvalue weighted by Crippen LogP contribution is -2.56. The number of hydrogen-bond donors (Lipinski definition) is 2. The summed E-state index contributed by atoms with van der Waals surface area (Å²) < 4.78 is 5.28. The molecular weight excluding hydrogens is 252 g/mol. The Morgan fingerprint density at radius 2 is 1.85 bits per heavy atom. The minimum atomic E-state index is -0.417. The molecular formula is C16H30N2O2. The summed E-state index contributed by atoms with van der Waals surface area (Å²) >= 11 is 0. The van der Waals surface area contributed by atoms with Gasteiger partial charge in [-0.2, -0.15) is 0 Å². The van der Waals surface area contributed by atoms with Gasteiger partial charge in [-0.05, 0) is 51.9 Å². The molecule has 2 aliphatic carbocycles. The first-order valence-electron chi connectivity index (χ1n) is 7.91. The van der Waals surface area contributed by atoms with Crippen molar-refractivity contribution in [3.63, 3.8) is 0 Å². The zero-order valence-corrected chi connectivity index (χ0v) is 13.6. The molecule has 0 aliphatic heterocycles. The van der Waals surface area contributed by atoms with Gasteiger partial charge in [-0.3, -0.25) is 0 Å². The summed E-state index contributed by atoms with van der Waals surface area (Å²) in [6.45, 7) is 10.4. The van der Waals surface area contributed by atoms with Gasteiger partial charge in [-0.1, -0.05) is 20.3 Å². The number of nitrogens with one attached hydrogen (secondary N) is 2. The summed E-state index contributed by atoms with van der Waals surface area (Å²) in [6, 6.07) is 1.46. The molecule has 0 saturated heterocycles. The second kappa shape index (κ2) is 5.55. The summed E-state index contributed by atoms with van der Waals surface area (Å²) in [7, 11) is 0. The third-order valence-corrected chi connectivity index (χ3v) is 4.55. The standard InChI is InChI=1S/C16H30N2O2/c1-15(2,3)20-14(19)18-12-9-11(10-12)17-13-7-6-8-16(13,4)5/h11-13,17H,6-10H2,1-5H3,(H,18,19). The predicted molar refractivity (Wildman–Crippen MR) is 80.7 cm³/mol. The van der Waals surface area contributed by atoms with E-state index in [4.69, 9.17) is 4.74 Å². The van der Waals surface area contributed by atoms with Crippen LogP contribution in [-0.4, -0.2) is 29.8 Å². The van der Waals surface area contributed by atoms with Gasteiger partial charge in [0.25, 0.3) is 0 Å². The average molecular weight is 282 g/mol. The van der Waals surface area contributed by atoms with Crippen LogP contribution in [0.3, 0.4) is 0 Å². The maximum atomic E-state index is 11.7. The van der Waals surface area contributed by atoms with E-state index in [1.165, 1.54) is 19.3 Å². The lowest BCUT2D eigenvalue weighted by atomic mass is 9.82. The molecule has 0 aromatic rings. The molecule has 0 aromatic heterocycles. The van der Waals surface area contributed by atoms with E-state index in [9.17, 15) is 4.79 Å². The Morgan fingerprint density at radius 1 is 1.20 bits per heavy atom. The SMILES string of the molecule is CC(C)(C)OC(=O)NC1CC(NC2CCCC2(C)C)C1. The molecule has 4 nitrogen and oxygen atoms in total. The largest absolute Gasteiger partial charge is 0.444 e. The highest BCUT2D eigenvalue weighted by atomic mass is 16.6. The molecule has 1 amide bonds. The van der Waals surface area contributed by atoms with Gasteiger partial charge in [0.1, 0.15) is 5.60 Å². The van der Waals surface area contributed by atoms with E-state index in [-0.39, 0.29) is 12.1 Å². The number of rotatable bonds is 3. The van der Waals surface area contributed by atoms with E-state index in [2.05, 4.69) is 24.5 Å². The van der Waals surface area contributed by atoms with Crippen LogP contribution in [-0.2, 0) is 4.74 Å². The monoisotopic (exact) mass is 282 g/mol. The van der Waals surface area contributed by atoms with Crippen LogP contribution in [0.4, 0.5) is 4.79 Å². The third-order valence-electron chi connectivity index (χ3n) is 4.55. The number of carbonyl (C=O) groups excluding carboxylic acids is 1.